The molecule has 3 nitrogen and oxygen atoms in total. The number of benzene rings is 1. The van der Waals surface area contributed by atoms with E-state index in [9.17, 15) is 0 Å². The van der Waals surface area contributed by atoms with Crippen LogP contribution in [-0.2, 0) is 0 Å². The van der Waals surface area contributed by atoms with Gasteiger partial charge in [0.05, 0.1) is 0 Å². The molecule has 0 aromatic heterocycles. The minimum atomic E-state index is 0.835. The normalized spacial score (nSPS) is 18.5. The molecule has 0 spiro atoms. The zero-order valence-corrected chi connectivity index (χ0v) is 10.1. The smallest absolute Gasteiger partial charge is 0.0368 e. The van der Waals surface area contributed by atoms with Gasteiger partial charge in [-0.1, -0.05) is 0 Å². The Balaban J connectivity index is 2.05. The van der Waals surface area contributed by atoms with E-state index >= 15 is 0 Å². The maximum Gasteiger partial charge on any atom is 0.0368 e. The van der Waals surface area contributed by atoms with Crippen LogP contribution in [0.5, 0.6) is 0 Å². The molecule has 0 radical (unpaired) electrons. The average molecular weight is 303 g/mol. The third-order valence-corrected chi connectivity index (χ3v) is 3.45. The lowest BCUT2D eigenvalue weighted by Gasteiger charge is -2.32. The molecule has 0 bridgehead atoms. The third-order valence-electron chi connectivity index (χ3n) is 2.48. The van der Waals surface area contributed by atoms with Gasteiger partial charge in [0.1, 0.15) is 0 Å². The summed E-state index contributed by atoms with van der Waals surface area (Å²) in [6, 6.07) is 8.12. The first kappa shape index (κ1) is 10.0. The first-order valence-electron chi connectivity index (χ1n) is 4.77. The number of anilines is 2. The van der Waals surface area contributed by atoms with E-state index in [4.69, 9.17) is 5.73 Å². The molecule has 2 rings (SSSR count). The number of nitrogens with zero attached hydrogens (tertiary/aromatic N) is 2. The Morgan fingerprint density at radius 1 is 1.00 bits per heavy atom. The summed E-state index contributed by atoms with van der Waals surface area (Å²) in [5.41, 5.74) is 7.77. The van der Waals surface area contributed by atoms with Crippen molar-refractivity contribution in [3.8, 4) is 0 Å². The van der Waals surface area contributed by atoms with Crippen LogP contribution in [-0.4, -0.2) is 29.3 Å². The molecule has 0 amide bonds. The van der Waals surface area contributed by atoms with Gasteiger partial charge < -0.3 is 10.6 Å². The molecule has 0 aliphatic carbocycles. The summed E-state index contributed by atoms with van der Waals surface area (Å²) in [5.74, 6) is 0. The second kappa shape index (κ2) is 4.35. The molecule has 1 aromatic rings. The fourth-order valence-corrected chi connectivity index (χ4v) is 2.06. The Morgan fingerprint density at radius 2 is 1.57 bits per heavy atom. The van der Waals surface area contributed by atoms with Crippen molar-refractivity contribution < 1.29 is 0 Å². The summed E-state index contributed by atoms with van der Waals surface area (Å²) >= 11 is 2.38. The van der Waals surface area contributed by atoms with E-state index in [1.54, 1.807) is 0 Å². The number of hydrogen-bond donors (Lipinski definition) is 1. The highest BCUT2D eigenvalue weighted by Crippen LogP contribution is 2.18. The lowest BCUT2D eigenvalue weighted by molar-refractivity contribution is 0.460. The number of piperazine rings is 1. The topological polar surface area (TPSA) is 32.5 Å². The maximum atomic E-state index is 5.65. The van der Waals surface area contributed by atoms with Crippen LogP contribution in [0.2, 0.25) is 0 Å². The fraction of sp³-hybridized carbons (Fsp3) is 0.400. The summed E-state index contributed by atoms with van der Waals surface area (Å²) in [7, 11) is 0. The minimum absolute atomic E-state index is 0.835. The molecule has 14 heavy (non-hydrogen) atoms. The molecule has 1 heterocycles. The van der Waals surface area contributed by atoms with Gasteiger partial charge in [-0.3, -0.25) is 0 Å². The van der Waals surface area contributed by atoms with Gasteiger partial charge in [-0.25, -0.2) is 3.11 Å². The fourth-order valence-electron chi connectivity index (χ4n) is 1.63. The Labute approximate surface area is 98.4 Å². The molecule has 0 saturated carbocycles. The average Bonchev–Trinajstić information content (AvgIpc) is 2.21. The van der Waals surface area contributed by atoms with Gasteiger partial charge >= 0.3 is 0 Å². The molecule has 2 N–H and O–H groups in total. The van der Waals surface area contributed by atoms with Crippen molar-refractivity contribution in [1.29, 1.82) is 0 Å². The van der Waals surface area contributed by atoms with Crippen LogP contribution < -0.4 is 10.6 Å². The van der Waals surface area contributed by atoms with Gasteiger partial charge in [0, 0.05) is 60.4 Å². The minimum Gasteiger partial charge on any atom is -0.399 e. The van der Waals surface area contributed by atoms with Crippen LogP contribution in [0.1, 0.15) is 0 Å². The van der Waals surface area contributed by atoms with E-state index in [2.05, 4.69) is 43.0 Å². The van der Waals surface area contributed by atoms with E-state index in [-0.39, 0.29) is 0 Å². The van der Waals surface area contributed by atoms with Gasteiger partial charge in [-0.15, -0.1) is 0 Å². The van der Waals surface area contributed by atoms with Crippen LogP contribution in [0, 0.1) is 0 Å². The van der Waals surface area contributed by atoms with E-state index in [0.29, 0.717) is 0 Å². The third kappa shape index (κ3) is 2.30. The number of rotatable bonds is 1. The summed E-state index contributed by atoms with van der Waals surface area (Å²) in [4.78, 5) is 2.40. The number of halogens is 1. The Morgan fingerprint density at radius 3 is 2.14 bits per heavy atom. The Bertz CT molecular complexity index is 291. The molecular formula is C10H14IN3. The van der Waals surface area contributed by atoms with Gasteiger partial charge in [0.25, 0.3) is 0 Å². The molecule has 1 aliphatic rings. The highest BCUT2D eigenvalue weighted by Gasteiger charge is 2.14. The molecule has 4 heteroatoms. The second-order valence-electron chi connectivity index (χ2n) is 3.49. The van der Waals surface area contributed by atoms with Crippen molar-refractivity contribution in [1.82, 2.24) is 3.11 Å². The van der Waals surface area contributed by atoms with Crippen LogP contribution in [0.3, 0.4) is 0 Å². The largest absolute Gasteiger partial charge is 0.399 e. The van der Waals surface area contributed by atoms with Crippen LogP contribution >= 0.6 is 22.9 Å². The molecule has 0 atom stereocenters. The first-order chi connectivity index (χ1) is 6.75. The summed E-state index contributed by atoms with van der Waals surface area (Å²) in [5, 5.41) is 0. The standard InChI is InChI=1S/C10H14IN3/c11-14-7-5-13(6-8-14)10-3-1-9(12)2-4-10/h1-4H,5-8,12H2. The predicted molar refractivity (Wildman–Crippen MR) is 68.7 cm³/mol. The summed E-state index contributed by atoms with van der Waals surface area (Å²) in [6.07, 6.45) is 0. The molecule has 1 aromatic carbocycles. The zero-order valence-electron chi connectivity index (χ0n) is 7.99. The molecule has 1 saturated heterocycles. The Hall–Kier alpha value is -0.490. The van der Waals surface area contributed by atoms with Crippen molar-refractivity contribution in [2.24, 2.45) is 0 Å². The van der Waals surface area contributed by atoms with Crippen molar-refractivity contribution in [3.63, 3.8) is 0 Å². The Kier molecular flexibility index (Phi) is 3.12. The summed E-state index contributed by atoms with van der Waals surface area (Å²) in [6.45, 7) is 4.47. The van der Waals surface area contributed by atoms with E-state index in [0.717, 1.165) is 31.9 Å². The van der Waals surface area contributed by atoms with E-state index in [1.165, 1.54) is 5.69 Å². The van der Waals surface area contributed by atoms with Crippen molar-refractivity contribution in [2.45, 2.75) is 0 Å². The molecule has 0 unspecified atom stereocenters. The van der Waals surface area contributed by atoms with Crippen molar-refractivity contribution >= 4 is 34.2 Å². The highest BCUT2D eigenvalue weighted by molar-refractivity contribution is 14.1. The molecule has 76 valence electrons. The lowest BCUT2D eigenvalue weighted by Crippen LogP contribution is -2.42. The van der Waals surface area contributed by atoms with Crippen LogP contribution in [0.25, 0.3) is 0 Å². The molecule has 1 aliphatic heterocycles. The maximum absolute atomic E-state index is 5.65. The number of hydrogen-bond acceptors (Lipinski definition) is 3. The van der Waals surface area contributed by atoms with Gasteiger partial charge in [-0.05, 0) is 24.3 Å². The quantitative estimate of drug-likeness (QED) is 0.487. The van der Waals surface area contributed by atoms with E-state index < -0.39 is 0 Å². The van der Waals surface area contributed by atoms with Crippen molar-refractivity contribution in [3.05, 3.63) is 24.3 Å². The second-order valence-corrected chi connectivity index (χ2v) is 4.85. The SMILES string of the molecule is Nc1ccc(N2CCN(I)CC2)cc1. The first-order valence-corrected chi connectivity index (χ1v) is 5.73. The number of nitrogen functional groups attached to an aromatic ring is 1. The predicted octanol–water partition coefficient (Wildman–Crippen LogP) is 1.74. The zero-order chi connectivity index (χ0) is 9.97. The highest BCUT2D eigenvalue weighted by atomic mass is 127. The lowest BCUT2D eigenvalue weighted by atomic mass is 10.2. The monoisotopic (exact) mass is 303 g/mol. The summed E-state index contributed by atoms with van der Waals surface area (Å²) < 4.78 is 2.32. The van der Waals surface area contributed by atoms with Crippen molar-refractivity contribution in [2.75, 3.05) is 36.8 Å². The molecular weight excluding hydrogens is 289 g/mol. The van der Waals surface area contributed by atoms with E-state index in [1.807, 2.05) is 12.1 Å². The van der Waals surface area contributed by atoms with Gasteiger partial charge in [0.2, 0.25) is 0 Å². The van der Waals surface area contributed by atoms with Gasteiger partial charge in [0.15, 0.2) is 0 Å². The van der Waals surface area contributed by atoms with Gasteiger partial charge in [-0.2, -0.15) is 0 Å². The van der Waals surface area contributed by atoms with Crippen LogP contribution in [0.15, 0.2) is 24.3 Å². The number of nitrogens with two attached hydrogens (primary N) is 1. The van der Waals surface area contributed by atoms with Crippen LogP contribution in [0.4, 0.5) is 11.4 Å². The molecule has 1 fully saturated rings.